The Hall–Kier alpha value is -1.61. The SMILES string of the molecule is Cc1nonc1CSCCNC1=NS(=O)(=O)N=C1NCCSCc1ccc(CN(C)C)s1. The van der Waals surface area contributed by atoms with Gasteiger partial charge < -0.3 is 15.5 Å². The van der Waals surface area contributed by atoms with Gasteiger partial charge in [0.25, 0.3) is 0 Å². The number of hydrogen-bond acceptors (Lipinski definition) is 11. The number of nitrogens with one attached hydrogen (secondary N) is 2. The third kappa shape index (κ3) is 8.06. The third-order valence-corrected chi connectivity index (χ3v) is 8.19. The van der Waals surface area contributed by atoms with E-state index >= 15 is 0 Å². The predicted octanol–water partition coefficient (Wildman–Crippen LogP) is 1.90. The van der Waals surface area contributed by atoms with Gasteiger partial charge in [-0.3, -0.25) is 0 Å². The zero-order valence-corrected chi connectivity index (χ0v) is 21.5. The second-order valence-corrected chi connectivity index (χ2v) is 11.9. The van der Waals surface area contributed by atoms with Crippen molar-refractivity contribution in [3.8, 4) is 0 Å². The van der Waals surface area contributed by atoms with Gasteiger partial charge in [-0.05, 0) is 33.2 Å². The summed E-state index contributed by atoms with van der Waals surface area (Å²) in [5.41, 5.74) is 1.59. The highest BCUT2D eigenvalue weighted by Crippen LogP contribution is 2.22. The Balaban J connectivity index is 1.35. The predicted molar refractivity (Wildman–Crippen MR) is 133 cm³/mol. The van der Waals surface area contributed by atoms with Crippen molar-refractivity contribution in [3.63, 3.8) is 0 Å². The molecule has 0 fully saturated rings. The molecule has 0 amide bonds. The van der Waals surface area contributed by atoms with Gasteiger partial charge in [0.05, 0.1) is 0 Å². The monoisotopic (exact) mass is 517 g/mol. The fourth-order valence-corrected chi connectivity index (χ4v) is 6.43. The maximum atomic E-state index is 11.8. The Morgan fingerprint density at radius 2 is 1.62 bits per heavy atom. The van der Waals surface area contributed by atoms with Gasteiger partial charge in [-0.25, -0.2) is 4.63 Å². The number of thiophene rings is 1. The minimum Gasteiger partial charge on any atom is -0.365 e. The Labute approximate surface area is 200 Å². The zero-order valence-electron chi connectivity index (χ0n) is 18.2. The molecule has 0 saturated heterocycles. The van der Waals surface area contributed by atoms with E-state index in [1.807, 2.05) is 18.3 Å². The molecule has 0 unspecified atom stereocenters. The van der Waals surface area contributed by atoms with Crippen LogP contribution in [0.5, 0.6) is 0 Å². The van der Waals surface area contributed by atoms with Gasteiger partial charge in [-0.15, -0.1) is 20.1 Å². The van der Waals surface area contributed by atoms with E-state index in [0.717, 1.165) is 35.2 Å². The van der Waals surface area contributed by atoms with Crippen molar-refractivity contribution in [3.05, 3.63) is 33.3 Å². The van der Waals surface area contributed by atoms with E-state index in [1.165, 1.54) is 9.75 Å². The maximum absolute atomic E-state index is 11.8. The normalized spacial score (nSPS) is 15.1. The van der Waals surface area contributed by atoms with Crippen molar-refractivity contribution in [1.82, 2.24) is 25.8 Å². The smallest absolute Gasteiger partial charge is 0.365 e. The number of amidine groups is 2. The first kappa shape index (κ1) is 25.0. The quantitative estimate of drug-likeness (QED) is 0.403. The molecule has 2 N–H and O–H groups in total. The molecule has 1 aliphatic heterocycles. The fourth-order valence-electron chi connectivity index (χ4n) is 2.67. The van der Waals surface area contributed by atoms with Crippen LogP contribution in [0, 0.1) is 6.92 Å². The van der Waals surface area contributed by atoms with Crippen LogP contribution in [0.4, 0.5) is 0 Å². The first-order chi connectivity index (χ1) is 15.3. The summed E-state index contributed by atoms with van der Waals surface area (Å²) in [6, 6.07) is 4.35. The Morgan fingerprint density at radius 3 is 2.22 bits per heavy atom. The number of nitrogens with zero attached hydrogens (tertiary/aromatic N) is 5. The summed E-state index contributed by atoms with van der Waals surface area (Å²) in [6.45, 7) is 3.95. The van der Waals surface area contributed by atoms with E-state index in [1.54, 1.807) is 23.5 Å². The lowest BCUT2D eigenvalue weighted by Gasteiger charge is -2.09. The van der Waals surface area contributed by atoms with Crippen LogP contribution in [0.15, 0.2) is 25.6 Å². The van der Waals surface area contributed by atoms with Gasteiger partial charge in [0.2, 0.25) is 0 Å². The fraction of sp³-hybridized carbons (Fsp3) is 0.556. The molecule has 14 heteroatoms. The van der Waals surface area contributed by atoms with Crippen molar-refractivity contribution >= 4 is 56.7 Å². The van der Waals surface area contributed by atoms with E-state index in [9.17, 15) is 8.42 Å². The summed E-state index contributed by atoms with van der Waals surface area (Å²) in [7, 11) is 0.311. The van der Waals surface area contributed by atoms with Crippen LogP contribution in [0.2, 0.25) is 0 Å². The average molecular weight is 518 g/mol. The van der Waals surface area contributed by atoms with Gasteiger partial charge in [0.1, 0.15) is 11.4 Å². The molecule has 0 bridgehead atoms. The maximum Gasteiger partial charge on any atom is 0.367 e. The van der Waals surface area contributed by atoms with Gasteiger partial charge >= 0.3 is 10.2 Å². The van der Waals surface area contributed by atoms with Crippen LogP contribution in [0.25, 0.3) is 0 Å². The lowest BCUT2D eigenvalue weighted by Crippen LogP contribution is -2.40. The first-order valence-corrected chi connectivity index (χ1v) is 14.4. The average Bonchev–Trinajstić information content (AvgIpc) is 3.40. The van der Waals surface area contributed by atoms with Crippen molar-refractivity contribution in [2.75, 3.05) is 38.7 Å². The summed E-state index contributed by atoms with van der Waals surface area (Å²) in [6.07, 6.45) is 0. The molecule has 10 nitrogen and oxygen atoms in total. The molecular formula is C18H27N7O3S4. The van der Waals surface area contributed by atoms with Gasteiger partial charge in [-0.1, -0.05) is 10.3 Å². The lowest BCUT2D eigenvalue weighted by molar-refractivity contribution is 0.302. The highest BCUT2D eigenvalue weighted by molar-refractivity contribution is 7.98. The van der Waals surface area contributed by atoms with Crippen LogP contribution in [0.1, 0.15) is 21.1 Å². The molecule has 3 heterocycles. The van der Waals surface area contributed by atoms with Gasteiger partial charge in [0, 0.05) is 52.4 Å². The molecule has 0 aliphatic carbocycles. The Morgan fingerprint density at radius 1 is 1.00 bits per heavy atom. The van der Waals surface area contributed by atoms with Crippen LogP contribution < -0.4 is 10.6 Å². The summed E-state index contributed by atoms with van der Waals surface area (Å²) in [5, 5.41) is 13.7. The molecule has 2 aromatic rings. The summed E-state index contributed by atoms with van der Waals surface area (Å²) in [5.74, 6) is 3.72. The summed E-state index contributed by atoms with van der Waals surface area (Å²) in [4.78, 5) is 4.85. The second-order valence-electron chi connectivity index (χ2n) is 7.19. The highest BCUT2D eigenvalue weighted by Gasteiger charge is 2.23. The minimum atomic E-state index is -3.82. The van der Waals surface area contributed by atoms with E-state index in [-0.39, 0.29) is 11.7 Å². The molecule has 0 atom stereocenters. The first-order valence-electron chi connectivity index (χ1n) is 9.91. The number of aromatic nitrogens is 2. The molecule has 3 rings (SSSR count). The standard InChI is InChI=1S/C18H27N7O3S4/c1-13-16(22-28-21-13)12-30-9-7-20-18-17(23-32(26,27)24-18)19-6-8-29-11-15-5-4-14(31-15)10-25(2)3/h4-5H,6-12H2,1-3H3,(H,19,23)(H,20,24). The Bertz CT molecular complexity index is 1050. The molecule has 32 heavy (non-hydrogen) atoms. The highest BCUT2D eigenvalue weighted by atomic mass is 32.2. The summed E-state index contributed by atoms with van der Waals surface area (Å²) >= 11 is 5.26. The van der Waals surface area contributed by atoms with Gasteiger partial charge in [0.15, 0.2) is 11.7 Å². The summed E-state index contributed by atoms with van der Waals surface area (Å²) < 4.78 is 35.7. The van der Waals surface area contributed by atoms with Crippen LogP contribution in [0.3, 0.4) is 0 Å². The third-order valence-electron chi connectivity index (χ3n) is 4.13. The number of hydrogen-bond donors (Lipinski definition) is 2. The molecule has 0 aromatic carbocycles. The van der Waals surface area contributed by atoms with Crippen molar-refractivity contribution < 1.29 is 13.0 Å². The van der Waals surface area contributed by atoms with Crippen LogP contribution in [-0.2, 0) is 28.3 Å². The minimum absolute atomic E-state index is 0.265. The molecule has 176 valence electrons. The van der Waals surface area contributed by atoms with Crippen molar-refractivity contribution in [2.45, 2.75) is 25.0 Å². The van der Waals surface area contributed by atoms with E-state index in [4.69, 9.17) is 0 Å². The molecule has 0 saturated carbocycles. The Kier molecular flexibility index (Phi) is 9.40. The second kappa shape index (κ2) is 12.0. The molecule has 0 spiro atoms. The molecule has 1 aliphatic rings. The van der Waals surface area contributed by atoms with E-state index in [0.29, 0.717) is 18.8 Å². The topological polar surface area (TPSA) is 125 Å². The van der Waals surface area contributed by atoms with E-state index in [2.05, 4.69) is 65.5 Å². The zero-order chi connectivity index (χ0) is 23.0. The van der Waals surface area contributed by atoms with Crippen molar-refractivity contribution in [1.29, 1.82) is 0 Å². The van der Waals surface area contributed by atoms with Crippen molar-refractivity contribution in [2.24, 2.45) is 8.80 Å². The van der Waals surface area contributed by atoms with Crippen LogP contribution >= 0.6 is 34.9 Å². The molecule has 0 radical (unpaired) electrons. The van der Waals surface area contributed by atoms with Gasteiger partial charge in [-0.2, -0.15) is 31.9 Å². The lowest BCUT2D eigenvalue weighted by atomic mass is 10.4. The van der Waals surface area contributed by atoms with E-state index < -0.39 is 10.2 Å². The number of aryl methyl sites for hydroxylation is 1. The number of rotatable bonds is 12. The molecular weight excluding hydrogens is 491 g/mol. The largest absolute Gasteiger partial charge is 0.367 e. The number of thioether (sulfide) groups is 2. The molecule has 2 aromatic heterocycles. The van der Waals surface area contributed by atoms with Crippen LogP contribution in [-0.4, -0.2) is 74.0 Å².